The first kappa shape index (κ1) is 14.4. The summed E-state index contributed by atoms with van der Waals surface area (Å²) in [4.78, 5) is 13.3. The van der Waals surface area contributed by atoms with Crippen LogP contribution in [0.4, 0.5) is 0 Å². The molecule has 0 heterocycles. The average Bonchev–Trinajstić information content (AvgIpc) is 2.13. The van der Waals surface area contributed by atoms with Crippen LogP contribution in [0.1, 0.15) is 32.6 Å². The van der Waals surface area contributed by atoms with Crippen molar-refractivity contribution < 1.29 is 9.90 Å². The molecule has 0 bridgehead atoms. The normalized spacial score (nSPS) is 12.9. The molecule has 90 valence electrons. The minimum Gasteiger partial charge on any atom is -0.393 e. The van der Waals surface area contributed by atoms with Gasteiger partial charge in [0.15, 0.2) is 0 Å². The summed E-state index contributed by atoms with van der Waals surface area (Å²) in [5, 5.41) is 11.8. The molecule has 15 heavy (non-hydrogen) atoms. The van der Waals surface area contributed by atoms with Gasteiger partial charge < -0.3 is 15.3 Å². The van der Waals surface area contributed by atoms with Crippen LogP contribution in [0.2, 0.25) is 0 Å². The first-order valence-corrected chi connectivity index (χ1v) is 5.62. The van der Waals surface area contributed by atoms with Crippen molar-refractivity contribution in [1.29, 1.82) is 0 Å². The van der Waals surface area contributed by atoms with E-state index in [1.165, 1.54) is 0 Å². The van der Waals surface area contributed by atoms with E-state index in [0.29, 0.717) is 12.8 Å². The molecule has 1 atom stereocenters. The fraction of sp³-hybridized carbons (Fsp3) is 0.909. The van der Waals surface area contributed by atoms with Crippen LogP contribution in [0.15, 0.2) is 0 Å². The van der Waals surface area contributed by atoms with Crippen LogP contribution in [0.3, 0.4) is 0 Å². The number of hydrogen-bond donors (Lipinski definition) is 2. The highest BCUT2D eigenvalue weighted by Crippen LogP contribution is 1.95. The number of aliphatic hydroxyl groups excluding tert-OH is 1. The quantitative estimate of drug-likeness (QED) is 0.584. The summed E-state index contributed by atoms with van der Waals surface area (Å²) in [6.45, 7) is 3.50. The van der Waals surface area contributed by atoms with Crippen molar-refractivity contribution in [3.63, 3.8) is 0 Å². The number of carbonyl (C=O) groups excluding carboxylic acids is 1. The van der Waals surface area contributed by atoms with Crippen LogP contribution in [-0.2, 0) is 4.79 Å². The zero-order valence-electron chi connectivity index (χ0n) is 10.1. The van der Waals surface area contributed by atoms with E-state index in [-0.39, 0.29) is 12.0 Å². The molecule has 0 saturated heterocycles. The predicted octanol–water partition coefficient (Wildman–Crippen LogP) is 0.605. The van der Waals surface area contributed by atoms with Crippen molar-refractivity contribution in [2.75, 3.05) is 27.2 Å². The van der Waals surface area contributed by atoms with Crippen molar-refractivity contribution >= 4 is 5.91 Å². The molecule has 2 N–H and O–H groups in total. The molecule has 0 radical (unpaired) electrons. The lowest BCUT2D eigenvalue weighted by Crippen LogP contribution is -2.25. The van der Waals surface area contributed by atoms with E-state index in [9.17, 15) is 4.79 Å². The van der Waals surface area contributed by atoms with Gasteiger partial charge in [0, 0.05) is 13.0 Å². The second-order valence-electron chi connectivity index (χ2n) is 4.25. The van der Waals surface area contributed by atoms with Crippen LogP contribution in [-0.4, -0.2) is 49.2 Å². The van der Waals surface area contributed by atoms with Gasteiger partial charge in [-0.05, 0) is 46.8 Å². The fourth-order valence-electron chi connectivity index (χ4n) is 1.21. The summed E-state index contributed by atoms with van der Waals surface area (Å²) >= 11 is 0. The van der Waals surface area contributed by atoms with Gasteiger partial charge in [0.05, 0.1) is 6.10 Å². The van der Waals surface area contributed by atoms with E-state index in [4.69, 9.17) is 5.11 Å². The highest BCUT2D eigenvalue weighted by molar-refractivity contribution is 5.75. The number of nitrogens with one attached hydrogen (secondary N) is 1. The van der Waals surface area contributed by atoms with Gasteiger partial charge in [-0.15, -0.1) is 0 Å². The Labute approximate surface area is 92.7 Å². The summed E-state index contributed by atoms with van der Waals surface area (Å²) in [5.41, 5.74) is 0. The van der Waals surface area contributed by atoms with Gasteiger partial charge in [-0.2, -0.15) is 0 Å². The topological polar surface area (TPSA) is 52.6 Å². The summed E-state index contributed by atoms with van der Waals surface area (Å²) in [6.07, 6.45) is 2.70. The molecule has 1 amide bonds. The molecule has 4 heteroatoms. The summed E-state index contributed by atoms with van der Waals surface area (Å²) in [5.74, 6) is 0.0424. The van der Waals surface area contributed by atoms with Crippen LogP contribution in [0.5, 0.6) is 0 Å². The van der Waals surface area contributed by atoms with Gasteiger partial charge in [0.1, 0.15) is 0 Å². The van der Waals surface area contributed by atoms with Gasteiger partial charge in [-0.3, -0.25) is 4.79 Å². The summed E-state index contributed by atoms with van der Waals surface area (Å²) in [6, 6.07) is 0. The molecule has 0 aliphatic rings. The summed E-state index contributed by atoms with van der Waals surface area (Å²) in [7, 11) is 4.09. The van der Waals surface area contributed by atoms with Crippen LogP contribution in [0.25, 0.3) is 0 Å². The van der Waals surface area contributed by atoms with E-state index in [0.717, 1.165) is 25.9 Å². The SMILES string of the molecule is CC(O)CCC(=O)NCCCCN(C)C. The molecule has 0 saturated carbocycles. The monoisotopic (exact) mass is 216 g/mol. The minimum absolute atomic E-state index is 0.0424. The summed E-state index contributed by atoms with van der Waals surface area (Å²) < 4.78 is 0. The van der Waals surface area contributed by atoms with Crippen LogP contribution < -0.4 is 5.32 Å². The smallest absolute Gasteiger partial charge is 0.220 e. The number of unbranched alkanes of at least 4 members (excludes halogenated alkanes) is 1. The van der Waals surface area contributed by atoms with E-state index in [2.05, 4.69) is 10.2 Å². The Morgan fingerprint density at radius 2 is 2.07 bits per heavy atom. The molecule has 0 aliphatic carbocycles. The standard InChI is InChI=1S/C11H24N2O2/c1-10(14)6-7-11(15)12-8-4-5-9-13(2)3/h10,14H,4-9H2,1-3H3,(H,12,15). The average molecular weight is 216 g/mol. The van der Waals surface area contributed by atoms with E-state index < -0.39 is 0 Å². The molecule has 0 fully saturated rings. The largest absolute Gasteiger partial charge is 0.393 e. The number of hydrogen-bond acceptors (Lipinski definition) is 3. The predicted molar refractivity (Wildman–Crippen MR) is 61.7 cm³/mol. The lowest BCUT2D eigenvalue weighted by atomic mass is 10.2. The van der Waals surface area contributed by atoms with Gasteiger partial charge in [-0.25, -0.2) is 0 Å². The molecule has 0 aromatic heterocycles. The van der Waals surface area contributed by atoms with Crippen molar-refractivity contribution in [2.45, 2.75) is 38.7 Å². The molecule has 0 aromatic rings. The van der Waals surface area contributed by atoms with Gasteiger partial charge >= 0.3 is 0 Å². The van der Waals surface area contributed by atoms with E-state index in [1.807, 2.05) is 14.1 Å². The minimum atomic E-state index is -0.385. The molecule has 0 aromatic carbocycles. The maximum atomic E-state index is 11.2. The third-order valence-electron chi connectivity index (χ3n) is 2.14. The lowest BCUT2D eigenvalue weighted by molar-refractivity contribution is -0.121. The molecule has 4 nitrogen and oxygen atoms in total. The van der Waals surface area contributed by atoms with E-state index >= 15 is 0 Å². The van der Waals surface area contributed by atoms with Crippen molar-refractivity contribution in [3.05, 3.63) is 0 Å². The molecular weight excluding hydrogens is 192 g/mol. The first-order chi connectivity index (χ1) is 7.02. The second-order valence-corrected chi connectivity index (χ2v) is 4.25. The van der Waals surface area contributed by atoms with Crippen molar-refractivity contribution in [3.8, 4) is 0 Å². The molecule has 1 unspecified atom stereocenters. The molecule has 0 aliphatic heterocycles. The highest BCUT2D eigenvalue weighted by atomic mass is 16.3. The number of carbonyl (C=O) groups is 1. The van der Waals surface area contributed by atoms with Crippen LogP contribution in [0, 0.1) is 0 Å². The van der Waals surface area contributed by atoms with Crippen molar-refractivity contribution in [1.82, 2.24) is 10.2 Å². The molecule has 0 rings (SSSR count). The maximum absolute atomic E-state index is 11.2. The zero-order chi connectivity index (χ0) is 11.7. The Morgan fingerprint density at radius 1 is 1.40 bits per heavy atom. The number of amides is 1. The van der Waals surface area contributed by atoms with Crippen LogP contribution >= 0.6 is 0 Å². The molecular formula is C11H24N2O2. The van der Waals surface area contributed by atoms with Gasteiger partial charge in [-0.1, -0.05) is 0 Å². The number of nitrogens with zero attached hydrogens (tertiary/aromatic N) is 1. The van der Waals surface area contributed by atoms with E-state index in [1.54, 1.807) is 6.92 Å². The lowest BCUT2D eigenvalue weighted by Gasteiger charge is -2.09. The van der Waals surface area contributed by atoms with Crippen molar-refractivity contribution in [2.24, 2.45) is 0 Å². The number of aliphatic hydroxyl groups is 1. The Kier molecular flexibility index (Phi) is 8.33. The maximum Gasteiger partial charge on any atom is 0.220 e. The Morgan fingerprint density at radius 3 is 2.60 bits per heavy atom. The Bertz CT molecular complexity index is 170. The zero-order valence-corrected chi connectivity index (χ0v) is 10.1. The third-order valence-corrected chi connectivity index (χ3v) is 2.14. The third kappa shape index (κ3) is 11.3. The highest BCUT2D eigenvalue weighted by Gasteiger charge is 2.02. The fourth-order valence-corrected chi connectivity index (χ4v) is 1.21. The first-order valence-electron chi connectivity index (χ1n) is 5.62. The van der Waals surface area contributed by atoms with Gasteiger partial charge in [0.25, 0.3) is 0 Å². The Hall–Kier alpha value is -0.610. The van der Waals surface area contributed by atoms with Gasteiger partial charge in [0.2, 0.25) is 5.91 Å². The Balaban J connectivity index is 3.24. The second kappa shape index (κ2) is 8.68. The molecule has 0 spiro atoms. The number of rotatable bonds is 8.